The maximum absolute atomic E-state index is 12.2. The SMILES string of the molecule is CC[C@H](C)c1ccccc1OC(=O)/C=C/c1ccc(OC)c(OC)c1. The zero-order valence-corrected chi connectivity index (χ0v) is 15.1. The molecule has 0 aliphatic carbocycles. The molecule has 132 valence electrons. The van der Waals surface area contributed by atoms with Gasteiger partial charge >= 0.3 is 5.97 Å². The second kappa shape index (κ2) is 8.92. The molecule has 25 heavy (non-hydrogen) atoms. The number of esters is 1. The van der Waals surface area contributed by atoms with Gasteiger partial charge < -0.3 is 14.2 Å². The number of para-hydroxylation sites is 1. The van der Waals surface area contributed by atoms with Crippen molar-refractivity contribution in [2.45, 2.75) is 26.2 Å². The van der Waals surface area contributed by atoms with Gasteiger partial charge in [0.15, 0.2) is 11.5 Å². The monoisotopic (exact) mass is 340 g/mol. The van der Waals surface area contributed by atoms with E-state index in [1.54, 1.807) is 32.4 Å². The van der Waals surface area contributed by atoms with Crippen molar-refractivity contribution in [1.29, 1.82) is 0 Å². The highest BCUT2D eigenvalue weighted by Crippen LogP contribution is 2.29. The van der Waals surface area contributed by atoms with Gasteiger partial charge in [0.1, 0.15) is 5.75 Å². The number of rotatable bonds is 7. The maximum Gasteiger partial charge on any atom is 0.336 e. The molecule has 0 saturated heterocycles. The average Bonchev–Trinajstić information content (AvgIpc) is 2.65. The fourth-order valence-corrected chi connectivity index (χ4v) is 2.46. The van der Waals surface area contributed by atoms with Crippen LogP contribution in [0.1, 0.15) is 37.3 Å². The number of carbonyl (C=O) groups excluding carboxylic acids is 1. The summed E-state index contributed by atoms with van der Waals surface area (Å²) in [5, 5.41) is 0. The van der Waals surface area contributed by atoms with E-state index in [9.17, 15) is 4.79 Å². The van der Waals surface area contributed by atoms with Crippen molar-refractivity contribution in [3.63, 3.8) is 0 Å². The average molecular weight is 340 g/mol. The van der Waals surface area contributed by atoms with Crippen LogP contribution in [-0.2, 0) is 4.79 Å². The molecule has 0 aliphatic rings. The van der Waals surface area contributed by atoms with Gasteiger partial charge in [-0.2, -0.15) is 0 Å². The van der Waals surface area contributed by atoms with Gasteiger partial charge in [0.25, 0.3) is 0 Å². The van der Waals surface area contributed by atoms with Gasteiger partial charge in [-0.25, -0.2) is 4.79 Å². The lowest BCUT2D eigenvalue weighted by Gasteiger charge is -2.13. The summed E-state index contributed by atoms with van der Waals surface area (Å²) in [5.41, 5.74) is 1.86. The van der Waals surface area contributed by atoms with Gasteiger partial charge in [0.05, 0.1) is 14.2 Å². The van der Waals surface area contributed by atoms with E-state index in [1.807, 2.05) is 30.3 Å². The minimum absolute atomic E-state index is 0.332. The van der Waals surface area contributed by atoms with Gasteiger partial charge in [-0.05, 0) is 47.7 Å². The summed E-state index contributed by atoms with van der Waals surface area (Å²) in [5.74, 6) is 1.79. The number of hydrogen-bond acceptors (Lipinski definition) is 4. The molecule has 0 unspecified atom stereocenters. The molecule has 0 amide bonds. The first-order valence-corrected chi connectivity index (χ1v) is 8.29. The largest absolute Gasteiger partial charge is 0.493 e. The fraction of sp³-hybridized carbons (Fsp3) is 0.286. The van der Waals surface area contributed by atoms with Crippen LogP contribution in [0.4, 0.5) is 0 Å². The van der Waals surface area contributed by atoms with E-state index in [0.29, 0.717) is 23.2 Å². The van der Waals surface area contributed by atoms with Crippen molar-refractivity contribution < 1.29 is 19.0 Å². The summed E-state index contributed by atoms with van der Waals surface area (Å²) in [4.78, 5) is 12.2. The Balaban J connectivity index is 2.12. The lowest BCUT2D eigenvalue weighted by molar-refractivity contribution is -0.128. The number of hydrogen-bond donors (Lipinski definition) is 0. The molecule has 0 bridgehead atoms. The van der Waals surface area contributed by atoms with Gasteiger partial charge in [-0.3, -0.25) is 0 Å². The molecule has 0 N–H and O–H groups in total. The molecule has 0 saturated carbocycles. The third-order valence-electron chi connectivity index (χ3n) is 4.09. The number of benzene rings is 2. The van der Waals surface area contributed by atoms with E-state index < -0.39 is 5.97 Å². The summed E-state index contributed by atoms with van der Waals surface area (Å²) >= 11 is 0. The normalized spacial score (nSPS) is 12.0. The van der Waals surface area contributed by atoms with Crippen molar-refractivity contribution in [3.8, 4) is 17.2 Å². The lowest BCUT2D eigenvalue weighted by Crippen LogP contribution is -2.07. The first kappa shape index (κ1) is 18.6. The first-order valence-electron chi connectivity index (χ1n) is 8.29. The zero-order valence-electron chi connectivity index (χ0n) is 15.1. The lowest BCUT2D eigenvalue weighted by atomic mass is 9.98. The molecule has 4 heteroatoms. The predicted octanol–water partition coefficient (Wildman–Crippen LogP) is 4.84. The van der Waals surface area contributed by atoms with Crippen molar-refractivity contribution >= 4 is 12.0 Å². The minimum atomic E-state index is -0.412. The Morgan fingerprint density at radius 3 is 2.44 bits per heavy atom. The van der Waals surface area contributed by atoms with Crippen molar-refractivity contribution in [2.75, 3.05) is 14.2 Å². The second-order valence-electron chi connectivity index (χ2n) is 5.72. The molecule has 1 atom stereocenters. The molecule has 0 heterocycles. The molecular formula is C21H24O4. The standard InChI is InChI=1S/C21H24O4/c1-5-15(2)17-8-6-7-9-18(17)25-21(22)13-11-16-10-12-19(23-3)20(14-16)24-4/h6-15H,5H2,1-4H3/b13-11+/t15-/m0/s1. The highest BCUT2D eigenvalue weighted by Gasteiger charge is 2.11. The topological polar surface area (TPSA) is 44.8 Å². The van der Waals surface area contributed by atoms with Gasteiger partial charge in [-0.15, -0.1) is 0 Å². The zero-order chi connectivity index (χ0) is 18.2. The summed E-state index contributed by atoms with van der Waals surface area (Å²) in [6.07, 6.45) is 4.08. The van der Waals surface area contributed by atoms with Gasteiger partial charge in [0, 0.05) is 6.08 Å². The predicted molar refractivity (Wildman–Crippen MR) is 99.4 cm³/mol. The number of carbonyl (C=O) groups is 1. The highest BCUT2D eigenvalue weighted by molar-refractivity contribution is 5.89. The second-order valence-corrected chi connectivity index (χ2v) is 5.72. The van der Waals surface area contributed by atoms with Crippen LogP contribution < -0.4 is 14.2 Å². The van der Waals surface area contributed by atoms with Crippen LogP contribution in [0, 0.1) is 0 Å². The molecule has 4 nitrogen and oxygen atoms in total. The smallest absolute Gasteiger partial charge is 0.336 e. The summed E-state index contributed by atoms with van der Waals surface area (Å²) in [7, 11) is 3.16. The van der Waals surface area contributed by atoms with E-state index >= 15 is 0 Å². The van der Waals surface area contributed by atoms with Crippen LogP contribution in [0.2, 0.25) is 0 Å². The van der Waals surface area contributed by atoms with Crippen LogP contribution in [0.25, 0.3) is 6.08 Å². The number of methoxy groups -OCH3 is 2. The molecule has 0 fully saturated rings. The van der Waals surface area contributed by atoms with Gasteiger partial charge in [0.2, 0.25) is 0 Å². The fourth-order valence-electron chi connectivity index (χ4n) is 2.46. The van der Waals surface area contributed by atoms with Crippen LogP contribution in [-0.4, -0.2) is 20.2 Å². The molecule has 2 aromatic rings. The third-order valence-corrected chi connectivity index (χ3v) is 4.09. The van der Waals surface area contributed by atoms with Crippen molar-refractivity contribution in [1.82, 2.24) is 0 Å². The Morgan fingerprint density at radius 2 is 1.76 bits per heavy atom. The maximum atomic E-state index is 12.2. The Labute approximate surface area is 149 Å². The Bertz CT molecular complexity index is 749. The molecule has 0 aliphatic heterocycles. The van der Waals surface area contributed by atoms with Crippen molar-refractivity contribution in [2.24, 2.45) is 0 Å². The van der Waals surface area contributed by atoms with Crippen molar-refractivity contribution in [3.05, 3.63) is 59.7 Å². The Kier molecular flexibility index (Phi) is 6.63. The van der Waals surface area contributed by atoms with Gasteiger partial charge in [-0.1, -0.05) is 38.1 Å². The molecule has 2 aromatic carbocycles. The molecule has 0 spiro atoms. The molecule has 2 rings (SSSR count). The van der Waals surface area contributed by atoms with E-state index in [-0.39, 0.29) is 0 Å². The van der Waals surface area contributed by atoms with Crippen LogP contribution in [0.3, 0.4) is 0 Å². The number of ether oxygens (including phenoxy) is 3. The molecule has 0 radical (unpaired) electrons. The minimum Gasteiger partial charge on any atom is -0.493 e. The summed E-state index contributed by atoms with van der Waals surface area (Å²) in [6.45, 7) is 4.23. The van der Waals surface area contributed by atoms with E-state index in [2.05, 4.69) is 13.8 Å². The highest BCUT2D eigenvalue weighted by atomic mass is 16.5. The van der Waals surface area contributed by atoms with Crippen LogP contribution >= 0.6 is 0 Å². The summed E-state index contributed by atoms with van der Waals surface area (Å²) < 4.78 is 16.0. The summed E-state index contributed by atoms with van der Waals surface area (Å²) in [6, 6.07) is 13.1. The van der Waals surface area contributed by atoms with E-state index in [1.165, 1.54) is 6.08 Å². The van der Waals surface area contributed by atoms with E-state index in [0.717, 1.165) is 17.5 Å². The van der Waals surface area contributed by atoms with Crippen LogP contribution in [0.5, 0.6) is 17.2 Å². The third kappa shape index (κ3) is 4.86. The quantitative estimate of drug-likeness (QED) is 0.411. The van der Waals surface area contributed by atoms with E-state index in [4.69, 9.17) is 14.2 Å². The molecule has 0 aromatic heterocycles. The Morgan fingerprint density at radius 1 is 1.04 bits per heavy atom. The van der Waals surface area contributed by atoms with Crippen LogP contribution in [0.15, 0.2) is 48.5 Å². The Hall–Kier alpha value is -2.75. The first-order chi connectivity index (χ1) is 12.1. The molecular weight excluding hydrogens is 316 g/mol.